The summed E-state index contributed by atoms with van der Waals surface area (Å²) >= 11 is 0. The highest BCUT2D eigenvalue weighted by molar-refractivity contribution is 5.99. The number of aromatic nitrogens is 1. The van der Waals surface area contributed by atoms with Crippen molar-refractivity contribution in [3.8, 4) is 17.1 Å². The molecule has 0 saturated carbocycles. The molecule has 156 valence electrons. The van der Waals surface area contributed by atoms with Gasteiger partial charge in [0.25, 0.3) is 5.91 Å². The Morgan fingerprint density at radius 1 is 0.935 bits per heavy atom. The molecule has 0 unspecified atom stereocenters. The van der Waals surface area contributed by atoms with Crippen molar-refractivity contribution in [3.63, 3.8) is 0 Å². The van der Waals surface area contributed by atoms with Gasteiger partial charge in [-0.25, -0.2) is 4.98 Å². The number of nitrogens with zero attached hydrogens (tertiary/aromatic N) is 3. The van der Waals surface area contributed by atoms with Gasteiger partial charge in [-0.15, -0.1) is 0 Å². The third-order valence-electron chi connectivity index (χ3n) is 5.79. The van der Waals surface area contributed by atoms with Crippen LogP contribution in [0.4, 0.5) is 5.69 Å². The Hall–Kier alpha value is -3.80. The average molecular weight is 413 g/mol. The molecule has 31 heavy (non-hydrogen) atoms. The lowest BCUT2D eigenvalue weighted by Gasteiger charge is -2.36. The van der Waals surface area contributed by atoms with E-state index in [1.807, 2.05) is 59.5 Å². The zero-order chi connectivity index (χ0) is 21.2. The van der Waals surface area contributed by atoms with Crippen molar-refractivity contribution < 1.29 is 13.9 Å². The Labute approximate surface area is 180 Å². The molecule has 0 bridgehead atoms. The predicted octanol–water partition coefficient (Wildman–Crippen LogP) is 4.47. The quantitative estimate of drug-likeness (QED) is 0.494. The second-order valence-electron chi connectivity index (χ2n) is 7.57. The summed E-state index contributed by atoms with van der Waals surface area (Å²) in [5.74, 6) is 1.27. The molecule has 0 N–H and O–H groups in total. The van der Waals surface area contributed by atoms with Crippen molar-refractivity contribution in [1.29, 1.82) is 0 Å². The number of anilines is 1. The van der Waals surface area contributed by atoms with E-state index in [1.165, 1.54) is 6.39 Å². The molecular weight excluding hydrogens is 390 g/mol. The van der Waals surface area contributed by atoms with Crippen LogP contribution in [0.3, 0.4) is 0 Å². The molecule has 6 nitrogen and oxygen atoms in total. The summed E-state index contributed by atoms with van der Waals surface area (Å²) in [5, 5.41) is 2.25. The number of carbonyl (C=O) groups is 1. The highest BCUT2D eigenvalue weighted by Gasteiger charge is 2.27. The molecule has 1 aliphatic heterocycles. The Balaban J connectivity index is 1.32. The maximum atomic E-state index is 13.2. The van der Waals surface area contributed by atoms with Gasteiger partial charge in [0.2, 0.25) is 0 Å². The fourth-order valence-electron chi connectivity index (χ4n) is 4.04. The van der Waals surface area contributed by atoms with E-state index in [0.29, 0.717) is 24.5 Å². The van der Waals surface area contributed by atoms with Crippen LogP contribution in [0, 0.1) is 0 Å². The van der Waals surface area contributed by atoms with Crippen molar-refractivity contribution in [1.82, 2.24) is 9.88 Å². The molecule has 0 radical (unpaired) electrons. The molecule has 1 fully saturated rings. The minimum Gasteiger partial charge on any atom is -0.497 e. The smallest absolute Gasteiger partial charge is 0.276 e. The molecule has 1 aliphatic rings. The fraction of sp³-hybridized carbons (Fsp3) is 0.200. The standard InChI is InChI=1S/C25H23N3O3/c1-30-22-10-8-21(9-11-22)27-12-14-28(15-13-27)25(29)23-24(31-17-26-23)20-7-6-18-4-2-3-5-19(18)16-20/h2-11,16-17H,12-15H2,1H3. The van der Waals surface area contributed by atoms with E-state index < -0.39 is 0 Å². The van der Waals surface area contributed by atoms with Gasteiger partial charge in [0.1, 0.15) is 5.75 Å². The van der Waals surface area contributed by atoms with Crippen LogP contribution in [0.15, 0.2) is 77.5 Å². The van der Waals surface area contributed by atoms with Crippen LogP contribution in [0.1, 0.15) is 10.5 Å². The lowest BCUT2D eigenvalue weighted by atomic mass is 10.0. The van der Waals surface area contributed by atoms with E-state index in [-0.39, 0.29) is 5.91 Å². The SMILES string of the molecule is COc1ccc(N2CCN(C(=O)c3ncoc3-c3ccc4ccccc4c3)CC2)cc1. The average Bonchev–Trinajstić information content (AvgIpc) is 3.33. The Morgan fingerprint density at radius 2 is 1.68 bits per heavy atom. The van der Waals surface area contributed by atoms with Crippen LogP contribution >= 0.6 is 0 Å². The summed E-state index contributed by atoms with van der Waals surface area (Å²) in [7, 11) is 1.66. The summed E-state index contributed by atoms with van der Waals surface area (Å²) in [4.78, 5) is 21.6. The molecule has 1 amide bonds. The number of amides is 1. The van der Waals surface area contributed by atoms with Gasteiger partial charge in [-0.05, 0) is 41.1 Å². The summed E-state index contributed by atoms with van der Waals surface area (Å²) in [6.07, 6.45) is 1.35. The van der Waals surface area contributed by atoms with E-state index in [0.717, 1.165) is 40.9 Å². The minimum absolute atomic E-state index is 0.0914. The Morgan fingerprint density at radius 3 is 2.42 bits per heavy atom. The molecular formula is C25H23N3O3. The monoisotopic (exact) mass is 413 g/mol. The predicted molar refractivity (Wildman–Crippen MR) is 121 cm³/mol. The number of hydrogen-bond donors (Lipinski definition) is 0. The number of carbonyl (C=O) groups excluding carboxylic acids is 1. The Kier molecular flexibility index (Phi) is 5.04. The molecule has 1 aromatic heterocycles. The van der Waals surface area contributed by atoms with Crippen LogP contribution < -0.4 is 9.64 Å². The van der Waals surface area contributed by atoms with Crippen molar-refractivity contribution >= 4 is 22.4 Å². The highest BCUT2D eigenvalue weighted by Crippen LogP contribution is 2.28. The van der Waals surface area contributed by atoms with Crippen molar-refractivity contribution in [2.24, 2.45) is 0 Å². The van der Waals surface area contributed by atoms with E-state index in [2.05, 4.69) is 22.0 Å². The number of hydrogen-bond acceptors (Lipinski definition) is 5. The van der Waals surface area contributed by atoms with Gasteiger partial charge in [-0.3, -0.25) is 4.79 Å². The summed E-state index contributed by atoms with van der Waals surface area (Å²) in [6.45, 7) is 2.80. The lowest BCUT2D eigenvalue weighted by Crippen LogP contribution is -2.49. The fourth-order valence-corrected chi connectivity index (χ4v) is 4.04. The van der Waals surface area contributed by atoms with E-state index in [1.54, 1.807) is 7.11 Å². The number of oxazole rings is 1. The van der Waals surface area contributed by atoms with Crippen molar-refractivity contribution in [3.05, 3.63) is 78.8 Å². The van der Waals surface area contributed by atoms with E-state index in [4.69, 9.17) is 9.15 Å². The lowest BCUT2D eigenvalue weighted by molar-refractivity contribution is 0.0742. The van der Waals surface area contributed by atoms with Gasteiger partial charge in [-0.2, -0.15) is 0 Å². The maximum Gasteiger partial charge on any atom is 0.276 e. The second kappa shape index (κ2) is 8.14. The molecule has 3 aromatic carbocycles. The molecule has 6 heteroatoms. The van der Waals surface area contributed by atoms with Crippen LogP contribution in [-0.2, 0) is 0 Å². The first-order valence-corrected chi connectivity index (χ1v) is 10.3. The van der Waals surface area contributed by atoms with Crippen LogP contribution in [-0.4, -0.2) is 49.1 Å². The van der Waals surface area contributed by atoms with E-state index >= 15 is 0 Å². The van der Waals surface area contributed by atoms with Crippen molar-refractivity contribution in [2.45, 2.75) is 0 Å². The first-order chi connectivity index (χ1) is 15.2. The van der Waals surface area contributed by atoms with Crippen LogP contribution in [0.5, 0.6) is 5.75 Å². The van der Waals surface area contributed by atoms with Crippen molar-refractivity contribution in [2.75, 3.05) is 38.2 Å². The third kappa shape index (κ3) is 3.72. The zero-order valence-corrected chi connectivity index (χ0v) is 17.3. The molecule has 2 heterocycles. The second-order valence-corrected chi connectivity index (χ2v) is 7.57. The maximum absolute atomic E-state index is 13.2. The molecule has 1 saturated heterocycles. The summed E-state index contributed by atoms with van der Waals surface area (Å²) in [6, 6.07) is 22.2. The summed E-state index contributed by atoms with van der Waals surface area (Å²) < 4.78 is 10.9. The van der Waals surface area contributed by atoms with Gasteiger partial charge in [0, 0.05) is 37.4 Å². The molecule has 4 aromatic rings. The Bertz CT molecular complexity index is 1210. The van der Waals surface area contributed by atoms with Gasteiger partial charge >= 0.3 is 0 Å². The van der Waals surface area contributed by atoms with Gasteiger partial charge in [-0.1, -0.05) is 36.4 Å². The number of fused-ring (bicyclic) bond motifs is 1. The zero-order valence-electron chi connectivity index (χ0n) is 17.3. The number of piperazine rings is 1. The third-order valence-corrected chi connectivity index (χ3v) is 5.79. The normalized spacial score (nSPS) is 14.1. The highest BCUT2D eigenvalue weighted by atomic mass is 16.5. The molecule has 5 rings (SSSR count). The van der Waals surface area contributed by atoms with Gasteiger partial charge < -0.3 is 19.0 Å². The molecule has 0 spiro atoms. The first-order valence-electron chi connectivity index (χ1n) is 10.3. The first kappa shape index (κ1) is 19.2. The van der Waals surface area contributed by atoms with Crippen LogP contribution in [0.25, 0.3) is 22.1 Å². The number of ether oxygens (including phenoxy) is 1. The largest absolute Gasteiger partial charge is 0.497 e. The minimum atomic E-state index is -0.0914. The molecule has 0 atom stereocenters. The number of methoxy groups -OCH3 is 1. The van der Waals surface area contributed by atoms with Gasteiger partial charge in [0.05, 0.1) is 7.11 Å². The topological polar surface area (TPSA) is 58.8 Å². The van der Waals surface area contributed by atoms with Crippen LogP contribution in [0.2, 0.25) is 0 Å². The number of rotatable bonds is 4. The van der Waals surface area contributed by atoms with E-state index in [9.17, 15) is 4.79 Å². The van der Waals surface area contributed by atoms with Gasteiger partial charge in [0.15, 0.2) is 17.8 Å². The summed E-state index contributed by atoms with van der Waals surface area (Å²) in [5.41, 5.74) is 2.36. The molecule has 0 aliphatic carbocycles. The number of benzene rings is 3.